The lowest BCUT2D eigenvalue weighted by Crippen LogP contribution is -2.29. The Bertz CT molecular complexity index is 1090. The number of nitrogens with one attached hydrogen (secondary N) is 1. The van der Waals surface area contributed by atoms with Gasteiger partial charge in [0.1, 0.15) is 12.4 Å². The number of esters is 2. The van der Waals surface area contributed by atoms with Crippen molar-refractivity contribution in [1.82, 2.24) is 14.8 Å². The third kappa shape index (κ3) is 3.25. The largest absolute Gasteiger partial charge is 0.466 e. The van der Waals surface area contributed by atoms with Crippen LogP contribution >= 0.6 is 0 Å². The molecule has 0 amide bonds. The highest BCUT2D eigenvalue weighted by atomic mass is 16.5. The first-order valence-electron chi connectivity index (χ1n) is 8.86. The molecule has 2 aromatic carbocycles. The van der Waals surface area contributed by atoms with Crippen molar-refractivity contribution in [1.29, 1.82) is 0 Å². The van der Waals surface area contributed by atoms with Gasteiger partial charge in [0.2, 0.25) is 5.95 Å². The van der Waals surface area contributed by atoms with Gasteiger partial charge in [-0.2, -0.15) is 10.1 Å². The van der Waals surface area contributed by atoms with Gasteiger partial charge in [-0.25, -0.2) is 14.3 Å². The monoisotopic (exact) mass is 390 g/mol. The van der Waals surface area contributed by atoms with Crippen LogP contribution in [0, 0.1) is 0 Å². The van der Waals surface area contributed by atoms with E-state index in [9.17, 15) is 9.59 Å². The van der Waals surface area contributed by atoms with Gasteiger partial charge in [-0.3, -0.25) is 0 Å². The van der Waals surface area contributed by atoms with Crippen LogP contribution in [0.5, 0.6) is 0 Å². The maximum absolute atomic E-state index is 12.8. The number of benzene rings is 2. The average Bonchev–Trinajstić information content (AvgIpc) is 3.26. The molecule has 4 rings (SSSR count). The summed E-state index contributed by atoms with van der Waals surface area (Å²) in [6, 6.07) is 15.7. The SMILES string of the molecule is COC(=O)C1=C(c2ccccc2)Nc2ncnn2[C@H]1c1ccc(C(=O)OC)cc1. The van der Waals surface area contributed by atoms with Crippen molar-refractivity contribution in [3.05, 3.63) is 83.2 Å². The summed E-state index contributed by atoms with van der Waals surface area (Å²) in [6.07, 6.45) is 1.42. The number of carbonyl (C=O) groups is 2. The van der Waals surface area contributed by atoms with E-state index in [4.69, 9.17) is 9.47 Å². The number of carbonyl (C=O) groups excluding carboxylic acids is 2. The zero-order chi connectivity index (χ0) is 20.4. The van der Waals surface area contributed by atoms with Crippen molar-refractivity contribution >= 4 is 23.6 Å². The average molecular weight is 390 g/mol. The van der Waals surface area contributed by atoms with E-state index in [1.54, 1.807) is 28.9 Å². The van der Waals surface area contributed by atoms with Gasteiger partial charge < -0.3 is 14.8 Å². The van der Waals surface area contributed by atoms with Crippen LogP contribution in [0.1, 0.15) is 27.5 Å². The van der Waals surface area contributed by atoms with E-state index in [0.29, 0.717) is 22.8 Å². The summed E-state index contributed by atoms with van der Waals surface area (Å²) < 4.78 is 11.5. The highest BCUT2D eigenvalue weighted by Crippen LogP contribution is 2.38. The second-order valence-corrected chi connectivity index (χ2v) is 6.32. The molecule has 1 aliphatic heterocycles. The lowest BCUT2D eigenvalue weighted by Gasteiger charge is -2.29. The Morgan fingerprint density at radius 3 is 2.31 bits per heavy atom. The molecule has 0 bridgehead atoms. The quantitative estimate of drug-likeness (QED) is 0.684. The van der Waals surface area contributed by atoms with Gasteiger partial charge >= 0.3 is 11.9 Å². The summed E-state index contributed by atoms with van der Waals surface area (Å²) in [5.74, 6) is -0.421. The Balaban J connectivity index is 1.90. The minimum Gasteiger partial charge on any atom is -0.466 e. The van der Waals surface area contributed by atoms with Gasteiger partial charge in [0.15, 0.2) is 0 Å². The lowest BCUT2D eigenvalue weighted by atomic mass is 9.92. The van der Waals surface area contributed by atoms with Gasteiger partial charge in [0.05, 0.1) is 31.1 Å². The second-order valence-electron chi connectivity index (χ2n) is 6.32. The summed E-state index contributed by atoms with van der Waals surface area (Å²) in [4.78, 5) is 28.9. The minimum absolute atomic E-state index is 0.391. The smallest absolute Gasteiger partial charge is 0.338 e. The molecule has 0 saturated heterocycles. The Labute approximate surface area is 166 Å². The van der Waals surface area contributed by atoms with E-state index in [-0.39, 0.29) is 0 Å². The molecule has 146 valence electrons. The van der Waals surface area contributed by atoms with Crippen LogP contribution in [-0.2, 0) is 14.3 Å². The third-order valence-electron chi connectivity index (χ3n) is 4.71. The standard InChI is InChI=1S/C21H18N4O4/c1-28-19(26)15-10-8-14(9-11-15)18-16(20(27)29-2)17(13-6-4-3-5-7-13)24-21-22-12-23-25(18)21/h3-12,18H,1-2H3,(H,22,23,24)/t18-/m0/s1. The zero-order valence-electron chi connectivity index (χ0n) is 15.8. The number of hydrogen-bond donors (Lipinski definition) is 1. The van der Waals surface area contributed by atoms with E-state index in [0.717, 1.165) is 11.1 Å². The van der Waals surface area contributed by atoms with Crippen LogP contribution in [-0.4, -0.2) is 40.9 Å². The maximum atomic E-state index is 12.8. The van der Waals surface area contributed by atoms with Crippen LogP contribution in [0.15, 0.2) is 66.5 Å². The highest BCUT2D eigenvalue weighted by Gasteiger charge is 2.36. The van der Waals surface area contributed by atoms with Crippen molar-refractivity contribution in [2.45, 2.75) is 6.04 Å². The number of nitrogens with zero attached hydrogens (tertiary/aromatic N) is 3. The van der Waals surface area contributed by atoms with Crippen molar-refractivity contribution < 1.29 is 19.1 Å². The molecule has 0 aliphatic carbocycles. The van der Waals surface area contributed by atoms with Crippen molar-refractivity contribution in [2.75, 3.05) is 19.5 Å². The summed E-state index contributed by atoms with van der Waals surface area (Å²) in [6.45, 7) is 0. The topological polar surface area (TPSA) is 95.3 Å². The summed E-state index contributed by atoms with van der Waals surface area (Å²) >= 11 is 0. The number of methoxy groups -OCH3 is 2. The molecule has 0 unspecified atom stereocenters. The first-order chi connectivity index (χ1) is 14.1. The van der Waals surface area contributed by atoms with Crippen LogP contribution in [0.25, 0.3) is 5.70 Å². The fourth-order valence-electron chi connectivity index (χ4n) is 3.35. The van der Waals surface area contributed by atoms with Gasteiger partial charge in [0.25, 0.3) is 0 Å². The summed E-state index contributed by atoms with van der Waals surface area (Å²) in [7, 11) is 2.67. The first-order valence-corrected chi connectivity index (χ1v) is 8.86. The number of anilines is 1. The zero-order valence-corrected chi connectivity index (χ0v) is 15.8. The number of hydrogen-bond acceptors (Lipinski definition) is 7. The number of rotatable bonds is 4. The molecule has 0 radical (unpaired) electrons. The van der Waals surface area contributed by atoms with Crippen LogP contribution in [0.2, 0.25) is 0 Å². The van der Waals surface area contributed by atoms with Crippen LogP contribution in [0.3, 0.4) is 0 Å². The first kappa shape index (κ1) is 18.4. The predicted octanol–water partition coefficient (Wildman–Crippen LogP) is 2.66. The van der Waals surface area contributed by atoms with E-state index < -0.39 is 18.0 Å². The van der Waals surface area contributed by atoms with E-state index in [1.807, 2.05) is 30.3 Å². The van der Waals surface area contributed by atoms with Gasteiger partial charge in [0, 0.05) is 0 Å². The summed E-state index contributed by atoms with van der Waals surface area (Å²) in [5.41, 5.74) is 2.97. The predicted molar refractivity (Wildman–Crippen MR) is 105 cm³/mol. The minimum atomic E-state index is -0.580. The van der Waals surface area contributed by atoms with Crippen molar-refractivity contribution in [3.63, 3.8) is 0 Å². The molecular weight excluding hydrogens is 372 g/mol. The van der Waals surface area contributed by atoms with E-state index >= 15 is 0 Å². The van der Waals surface area contributed by atoms with Gasteiger partial charge in [-0.15, -0.1) is 0 Å². The van der Waals surface area contributed by atoms with Crippen LogP contribution in [0.4, 0.5) is 5.95 Å². The molecule has 1 aromatic heterocycles. The Hall–Kier alpha value is -3.94. The van der Waals surface area contributed by atoms with Gasteiger partial charge in [-0.05, 0) is 23.3 Å². The fourth-order valence-corrected chi connectivity index (χ4v) is 3.35. The Morgan fingerprint density at radius 1 is 0.966 bits per heavy atom. The van der Waals surface area contributed by atoms with Gasteiger partial charge in [-0.1, -0.05) is 42.5 Å². The number of fused-ring (bicyclic) bond motifs is 1. The number of ether oxygens (including phenoxy) is 2. The molecule has 0 spiro atoms. The normalized spacial score (nSPS) is 15.3. The van der Waals surface area contributed by atoms with E-state index in [1.165, 1.54) is 20.5 Å². The second kappa shape index (κ2) is 7.59. The molecule has 1 aliphatic rings. The molecule has 2 heterocycles. The van der Waals surface area contributed by atoms with E-state index in [2.05, 4.69) is 15.4 Å². The maximum Gasteiger partial charge on any atom is 0.338 e. The lowest BCUT2D eigenvalue weighted by molar-refractivity contribution is -0.136. The molecule has 1 N–H and O–H groups in total. The Kier molecular flexibility index (Phi) is 4.82. The molecular formula is C21H18N4O4. The molecule has 0 fully saturated rings. The Morgan fingerprint density at radius 2 is 1.66 bits per heavy atom. The van der Waals surface area contributed by atoms with Crippen LogP contribution < -0.4 is 5.32 Å². The molecule has 0 saturated carbocycles. The summed E-state index contributed by atoms with van der Waals surface area (Å²) in [5, 5.41) is 7.48. The molecule has 8 heteroatoms. The molecule has 1 atom stereocenters. The van der Waals surface area contributed by atoms with Crippen molar-refractivity contribution in [2.24, 2.45) is 0 Å². The number of aromatic nitrogens is 3. The molecule has 29 heavy (non-hydrogen) atoms. The highest BCUT2D eigenvalue weighted by molar-refractivity contribution is 6.02. The molecule has 8 nitrogen and oxygen atoms in total. The fraction of sp³-hybridized carbons (Fsp3) is 0.143. The van der Waals surface area contributed by atoms with Crippen molar-refractivity contribution in [3.8, 4) is 0 Å². The third-order valence-corrected chi connectivity index (χ3v) is 4.71. The molecule has 3 aromatic rings.